The van der Waals surface area contributed by atoms with E-state index in [-0.39, 0.29) is 11.9 Å². The lowest BCUT2D eigenvalue weighted by molar-refractivity contribution is 0.102. The van der Waals surface area contributed by atoms with Gasteiger partial charge in [0.25, 0.3) is 5.91 Å². The molecule has 0 atom stereocenters. The molecule has 0 aliphatic heterocycles. The fourth-order valence-electron chi connectivity index (χ4n) is 3.28. The first-order valence-electron chi connectivity index (χ1n) is 10.2. The molecular weight excluding hydrogens is 390 g/mol. The Bertz CT molecular complexity index is 1260. The monoisotopic (exact) mass is 415 g/mol. The van der Waals surface area contributed by atoms with Gasteiger partial charge in [0, 0.05) is 17.5 Å². The van der Waals surface area contributed by atoms with E-state index < -0.39 is 0 Å². The molecule has 158 valence electrons. The van der Waals surface area contributed by atoms with Crippen LogP contribution in [0.5, 0.6) is 11.6 Å². The number of fused-ring (bicyclic) bond motifs is 1. The third-order valence-corrected chi connectivity index (χ3v) is 5.19. The van der Waals surface area contributed by atoms with E-state index in [1.807, 2.05) is 56.6 Å². The SMILES string of the molecule is Cc1ccc(Oc2ccc(NC(=O)c3cc4cnn(C(C)C)c4nc3C)cn2)cc1C. The number of carbonyl (C=O) groups is 1. The zero-order valence-corrected chi connectivity index (χ0v) is 18.3. The van der Waals surface area contributed by atoms with E-state index in [1.54, 1.807) is 24.5 Å². The Morgan fingerprint density at radius 2 is 1.84 bits per heavy atom. The Balaban J connectivity index is 1.49. The second kappa shape index (κ2) is 8.18. The summed E-state index contributed by atoms with van der Waals surface area (Å²) in [6, 6.07) is 11.4. The van der Waals surface area contributed by atoms with Gasteiger partial charge in [0.15, 0.2) is 5.65 Å². The maximum atomic E-state index is 12.8. The van der Waals surface area contributed by atoms with Gasteiger partial charge in [0.1, 0.15) is 5.75 Å². The molecule has 0 radical (unpaired) electrons. The number of aromatic nitrogens is 4. The predicted octanol–water partition coefficient (Wildman–Crippen LogP) is 5.38. The van der Waals surface area contributed by atoms with E-state index in [0.29, 0.717) is 22.8 Å². The van der Waals surface area contributed by atoms with Crippen LogP contribution in [-0.2, 0) is 0 Å². The van der Waals surface area contributed by atoms with E-state index in [4.69, 9.17) is 4.74 Å². The Hall–Kier alpha value is -3.74. The quantitative estimate of drug-likeness (QED) is 0.473. The lowest BCUT2D eigenvalue weighted by Gasteiger charge is -2.10. The standard InChI is InChI=1S/C24H25N5O2/c1-14(2)29-23-18(12-26-29)11-21(17(5)27-23)24(30)28-19-7-9-22(25-13-19)31-20-8-6-15(3)16(4)10-20/h6-14H,1-5H3,(H,28,30). The van der Waals surface area contributed by atoms with Gasteiger partial charge in [0.2, 0.25) is 5.88 Å². The molecule has 0 fully saturated rings. The Labute approximate surface area is 181 Å². The maximum Gasteiger partial charge on any atom is 0.257 e. The number of benzene rings is 1. The Morgan fingerprint density at radius 3 is 2.52 bits per heavy atom. The van der Waals surface area contributed by atoms with E-state index in [0.717, 1.165) is 22.3 Å². The van der Waals surface area contributed by atoms with Gasteiger partial charge in [-0.3, -0.25) is 4.79 Å². The summed E-state index contributed by atoms with van der Waals surface area (Å²) in [5, 5.41) is 8.08. The third kappa shape index (κ3) is 4.26. The molecule has 3 aromatic heterocycles. The van der Waals surface area contributed by atoms with Crippen LogP contribution in [0, 0.1) is 20.8 Å². The fraction of sp³-hybridized carbons (Fsp3) is 0.250. The van der Waals surface area contributed by atoms with Crippen molar-refractivity contribution < 1.29 is 9.53 Å². The van der Waals surface area contributed by atoms with Gasteiger partial charge in [-0.1, -0.05) is 6.07 Å². The number of carbonyl (C=O) groups excluding carboxylic acids is 1. The molecule has 1 aromatic carbocycles. The summed E-state index contributed by atoms with van der Waals surface area (Å²) in [5.41, 5.74) is 4.87. The smallest absolute Gasteiger partial charge is 0.257 e. The van der Waals surface area contributed by atoms with Gasteiger partial charge in [-0.25, -0.2) is 14.6 Å². The largest absolute Gasteiger partial charge is 0.439 e. The highest BCUT2D eigenvalue weighted by molar-refractivity contribution is 6.06. The lowest BCUT2D eigenvalue weighted by atomic mass is 10.1. The first-order valence-corrected chi connectivity index (χ1v) is 10.2. The number of nitrogens with one attached hydrogen (secondary N) is 1. The van der Waals surface area contributed by atoms with Gasteiger partial charge in [-0.2, -0.15) is 5.10 Å². The van der Waals surface area contributed by atoms with Crippen molar-refractivity contribution in [2.24, 2.45) is 0 Å². The van der Waals surface area contributed by atoms with E-state index in [1.165, 1.54) is 5.56 Å². The van der Waals surface area contributed by atoms with Crippen molar-refractivity contribution in [3.63, 3.8) is 0 Å². The molecule has 0 bridgehead atoms. The van der Waals surface area contributed by atoms with Gasteiger partial charge in [0.05, 0.1) is 29.3 Å². The Morgan fingerprint density at radius 1 is 1.03 bits per heavy atom. The molecule has 7 heteroatoms. The summed E-state index contributed by atoms with van der Waals surface area (Å²) in [6.45, 7) is 10.0. The maximum absolute atomic E-state index is 12.8. The van der Waals surface area contributed by atoms with Gasteiger partial charge in [-0.05, 0) is 70.0 Å². The second-order valence-electron chi connectivity index (χ2n) is 7.90. The van der Waals surface area contributed by atoms with Crippen LogP contribution in [0.1, 0.15) is 47.1 Å². The van der Waals surface area contributed by atoms with Crippen LogP contribution in [0.25, 0.3) is 11.0 Å². The number of rotatable bonds is 5. The summed E-state index contributed by atoms with van der Waals surface area (Å²) in [4.78, 5) is 21.7. The van der Waals surface area contributed by atoms with Crippen LogP contribution in [-0.4, -0.2) is 25.7 Å². The number of amides is 1. The summed E-state index contributed by atoms with van der Waals surface area (Å²) >= 11 is 0. The summed E-state index contributed by atoms with van der Waals surface area (Å²) in [7, 11) is 0. The minimum absolute atomic E-state index is 0.194. The van der Waals surface area contributed by atoms with Crippen LogP contribution in [0.3, 0.4) is 0 Å². The van der Waals surface area contributed by atoms with Crippen LogP contribution >= 0.6 is 0 Å². The van der Waals surface area contributed by atoms with E-state index >= 15 is 0 Å². The van der Waals surface area contributed by atoms with Crippen molar-refractivity contribution in [3.8, 4) is 11.6 Å². The van der Waals surface area contributed by atoms with Crippen molar-refractivity contribution in [1.82, 2.24) is 19.7 Å². The average molecular weight is 415 g/mol. The average Bonchev–Trinajstić information content (AvgIpc) is 3.14. The lowest BCUT2D eigenvalue weighted by Crippen LogP contribution is -2.14. The highest BCUT2D eigenvalue weighted by Crippen LogP contribution is 2.24. The molecule has 4 rings (SSSR count). The minimum Gasteiger partial charge on any atom is -0.439 e. The highest BCUT2D eigenvalue weighted by Gasteiger charge is 2.15. The highest BCUT2D eigenvalue weighted by atomic mass is 16.5. The number of hydrogen-bond donors (Lipinski definition) is 1. The zero-order valence-electron chi connectivity index (χ0n) is 18.3. The molecule has 3 heterocycles. The third-order valence-electron chi connectivity index (χ3n) is 5.19. The molecule has 4 aromatic rings. The summed E-state index contributed by atoms with van der Waals surface area (Å²) in [6.07, 6.45) is 3.31. The Kier molecular flexibility index (Phi) is 5.42. The zero-order chi connectivity index (χ0) is 22.1. The predicted molar refractivity (Wildman–Crippen MR) is 121 cm³/mol. The molecule has 7 nitrogen and oxygen atoms in total. The number of ether oxygens (including phenoxy) is 1. The molecule has 0 spiro atoms. The number of anilines is 1. The molecule has 1 amide bonds. The van der Waals surface area contributed by atoms with Crippen molar-refractivity contribution in [1.29, 1.82) is 0 Å². The first-order chi connectivity index (χ1) is 14.8. The molecule has 1 N–H and O–H groups in total. The van der Waals surface area contributed by atoms with Gasteiger partial charge in [-0.15, -0.1) is 0 Å². The number of pyridine rings is 2. The van der Waals surface area contributed by atoms with Gasteiger partial charge >= 0.3 is 0 Å². The minimum atomic E-state index is -0.242. The normalized spacial score (nSPS) is 11.2. The molecule has 0 aliphatic carbocycles. The van der Waals surface area contributed by atoms with Crippen LogP contribution in [0.2, 0.25) is 0 Å². The van der Waals surface area contributed by atoms with Crippen LogP contribution < -0.4 is 10.1 Å². The molecular formula is C24H25N5O2. The number of aryl methyl sites for hydroxylation is 3. The molecule has 31 heavy (non-hydrogen) atoms. The summed E-state index contributed by atoms with van der Waals surface area (Å²) in [5.74, 6) is 0.944. The first kappa shape index (κ1) is 20.5. The topological polar surface area (TPSA) is 81.9 Å². The molecule has 0 saturated heterocycles. The van der Waals surface area contributed by atoms with E-state index in [9.17, 15) is 4.79 Å². The van der Waals surface area contributed by atoms with Crippen molar-refractivity contribution in [2.75, 3.05) is 5.32 Å². The molecule has 0 saturated carbocycles. The molecule has 0 unspecified atom stereocenters. The van der Waals surface area contributed by atoms with Crippen molar-refractivity contribution >= 4 is 22.6 Å². The fourth-order valence-corrected chi connectivity index (χ4v) is 3.28. The van der Waals surface area contributed by atoms with Gasteiger partial charge < -0.3 is 10.1 Å². The molecule has 0 aliphatic rings. The van der Waals surface area contributed by atoms with E-state index in [2.05, 4.69) is 27.3 Å². The second-order valence-corrected chi connectivity index (χ2v) is 7.90. The number of hydrogen-bond acceptors (Lipinski definition) is 5. The van der Waals surface area contributed by atoms with Crippen molar-refractivity contribution in [2.45, 2.75) is 40.7 Å². The summed E-state index contributed by atoms with van der Waals surface area (Å²) < 4.78 is 7.65. The number of nitrogens with zero attached hydrogens (tertiary/aromatic N) is 4. The van der Waals surface area contributed by atoms with Crippen LogP contribution in [0.15, 0.2) is 48.8 Å². The van der Waals surface area contributed by atoms with Crippen LogP contribution in [0.4, 0.5) is 5.69 Å². The van der Waals surface area contributed by atoms with Crippen molar-refractivity contribution in [3.05, 3.63) is 71.2 Å².